The van der Waals surface area contributed by atoms with Gasteiger partial charge in [-0.15, -0.1) is 0 Å². The van der Waals surface area contributed by atoms with Crippen LogP contribution in [0, 0.1) is 0 Å². The molecule has 0 radical (unpaired) electrons. The minimum Gasteiger partial charge on any atom is -0.462 e. The smallest absolute Gasteiger partial charge is 0.306 e. The molecule has 326 valence electrons. The van der Waals surface area contributed by atoms with Gasteiger partial charge in [-0.05, 0) is 77.4 Å². The van der Waals surface area contributed by atoms with Crippen LogP contribution in [0.5, 0.6) is 0 Å². The molecule has 0 spiro atoms. The number of hydrogen-bond donors (Lipinski definition) is 1. The number of unbranched alkanes of at least 4 members (excludes halogenated alkanes) is 19. The van der Waals surface area contributed by atoms with Crippen LogP contribution in [0.3, 0.4) is 0 Å². The van der Waals surface area contributed by atoms with Crippen LogP contribution in [0.1, 0.15) is 187 Å². The Balaban J connectivity index is 2.51. The van der Waals surface area contributed by atoms with Gasteiger partial charge in [0.25, 0.3) is 10.9 Å². The van der Waals surface area contributed by atoms with Gasteiger partial charge in [-0.3, -0.25) is 14.4 Å². The standard InChI is InChI=1S/C46H85N3O7/c1-5-7-9-11-16-22-29-41(30-23-17-12-10-8-6-2)56-42(51)31-24-18-15-20-26-34-48(33-25-19-13-14-21-27-38-50)35-28-32-47-43-44(46(53)45(43)52)49(36-39-54-3)37-40-55-4/h38,41,47H,5-37,39-40H2,1-4H3. The maximum atomic E-state index is 12.8. The quantitative estimate of drug-likeness (QED) is 0.0297. The zero-order chi connectivity index (χ0) is 40.9. The van der Waals surface area contributed by atoms with Gasteiger partial charge in [-0.25, -0.2) is 0 Å². The first kappa shape index (κ1) is 51.7. The van der Waals surface area contributed by atoms with E-state index in [-0.39, 0.29) is 12.1 Å². The number of aldehydes is 1. The summed E-state index contributed by atoms with van der Waals surface area (Å²) in [4.78, 5) is 52.9. The first-order valence-corrected chi connectivity index (χ1v) is 23.1. The molecule has 1 aromatic rings. The van der Waals surface area contributed by atoms with Crippen LogP contribution in [0.4, 0.5) is 11.4 Å². The fourth-order valence-corrected chi connectivity index (χ4v) is 7.48. The highest BCUT2D eigenvalue weighted by molar-refractivity contribution is 5.75. The molecule has 0 saturated carbocycles. The second-order valence-electron chi connectivity index (χ2n) is 15.9. The normalized spacial score (nSPS) is 11.6. The van der Waals surface area contributed by atoms with Crippen molar-refractivity contribution in [2.75, 3.05) is 76.9 Å². The van der Waals surface area contributed by atoms with Crippen LogP contribution in [0.15, 0.2) is 9.59 Å². The van der Waals surface area contributed by atoms with Crippen molar-refractivity contribution < 1.29 is 23.8 Å². The summed E-state index contributed by atoms with van der Waals surface area (Å²) in [5, 5.41) is 3.28. The Kier molecular flexibility index (Phi) is 34.2. The molecule has 10 nitrogen and oxygen atoms in total. The molecule has 56 heavy (non-hydrogen) atoms. The average Bonchev–Trinajstić information content (AvgIpc) is 3.20. The summed E-state index contributed by atoms with van der Waals surface area (Å²) in [5.41, 5.74) is -0.0210. The van der Waals surface area contributed by atoms with Crippen molar-refractivity contribution in [3.8, 4) is 0 Å². The lowest BCUT2D eigenvalue weighted by atomic mass is 10.0. The van der Waals surface area contributed by atoms with E-state index < -0.39 is 10.9 Å². The fourth-order valence-electron chi connectivity index (χ4n) is 7.48. The van der Waals surface area contributed by atoms with E-state index in [4.69, 9.17) is 14.2 Å². The summed E-state index contributed by atoms with van der Waals surface area (Å²) in [5.74, 6) is -0.00794. The predicted octanol–water partition coefficient (Wildman–Crippen LogP) is 9.78. The van der Waals surface area contributed by atoms with Gasteiger partial charge in [0.2, 0.25) is 0 Å². The summed E-state index contributed by atoms with van der Waals surface area (Å²) in [6, 6.07) is 0. The van der Waals surface area contributed by atoms with Gasteiger partial charge < -0.3 is 34.1 Å². The second-order valence-corrected chi connectivity index (χ2v) is 15.9. The van der Waals surface area contributed by atoms with Gasteiger partial charge in [0.05, 0.1) is 13.2 Å². The lowest BCUT2D eigenvalue weighted by Crippen LogP contribution is -2.45. The lowest BCUT2D eigenvalue weighted by Gasteiger charge is -2.27. The molecule has 10 heteroatoms. The Morgan fingerprint density at radius 3 is 1.62 bits per heavy atom. The zero-order valence-corrected chi connectivity index (χ0v) is 36.7. The molecule has 0 fully saturated rings. The number of nitrogens with one attached hydrogen (secondary N) is 1. The van der Waals surface area contributed by atoms with Crippen molar-refractivity contribution in [3.05, 3.63) is 20.4 Å². The van der Waals surface area contributed by atoms with Crippen LogP contribution in [-0.4, -0.2) is 90.0 Å². The molecule has 0 aliphatic heterocycles. The lowest BCUT2D eigenvalue weighted by molar-refractivity contribution is -0.150. The summed E-state index contributed by atoms with van der Waals surface area (Å²) in [6.07, 6.45) is 31.2. The second kappa shape index (κ2) is 37.0. The van der Waals surface area contributed by atoms with Crippen LogP contribution >= 0.6 is 0 Å². The van der Waals surface area contributed by atoms with Crippen molar-refractivity contribution in [2.24, 2.45) is 0 Å². The van der Waals surface area contributed by atoms with Gasteiger partial charge in [-0.2, -0.15) is 0 Å². The van der Waals surface area contributed by atoms with E-state index in [0.29, 0.717) is 57.1 Å². The number of ether oxygens (including phenoxy) is 3. The molecule has 1 N–H and O–H groups in total. The van der Waals surface area contributed by atoms with Gasteiger partial charge >= 0.3 is 5.97 Å². The molecule has 0 aliphatic rings. The highest BCUT2D eigenvalue weighted by Crippen LogP contribution is 2.21. The van der Waals surface area contributed by atoms with Crippen molar-refractivity contribution in [1.82, 2.24) is 4.90 Å². The minimum atomic E-state index is -0.444. The molecule has 0 saturated heterocycles. The monoisotopic (exact) mass is 792 g/mol. The number of esters is 1. The van der Waals surface area contributed by atoms with Crippen LogP contribution in [0.25, 0.3) is 0 Å². The molecular weight excluding hydrogens is 707 g/mol. The number of nitrogens with zero attached hydrogens (tertiary/aromatic N) is 2. The molecule has 0 aromatic heterocycles. The molecule has 1 rings (SSSR count). The molecule has 0 heterocycles. The highest BCUT2D eigenvalue weighted by Gasteiger charge is 2.25. The number of rotatable bonds is 43. The van der Waals surface area contributed by atoms with Crippen molar-refractivity contribution in [2.45, 2.75) is 193 Å². The molecule has 0 bridgehead atoms. The number of carbonyl (C=O) groups excluding carboxylic acids is 2. The Labute approximate surface area is 342 Å². The third-order valence-corrected chi connectivity index (χ3v) is 11.0. The molecule has 0 aliphatic carbocycles. The van der Waals surface area contributed by atoms with E-state index in [0.717, 1.165) is 122 Å². The van der Waals surface area contributed by atoms with E-state index >= 15 is 0 Å². The summed E-state index contributed by atoms with van der Waals surface area (Å²) >= 11 is 0. The molecule has 1 aromatic carbocycles. The first-order chi connectivity index (χ1) is 27.4. The third kappa shape index (κ3) is 25.9. The fraction of sp³-hybridized carbons (Fsp3) is 0.870. The van der Waals surface area contributed by atoms with E-state index in [2.05, 4.69) is 24.1 Å². The number of hydrogen-bond acceptors (Lipinski definition) is 10. The highest BCUT2D eigenvalue weighted by atomic mass is 16.5. The van der Waals surface area contributed by atoms with Gasteiger partial charge in [-0.1, -0.05) is 117 Å². The molecular formula is C46H85N3O7. The molecule has 0 unspecified atom stereocenters. The summed E-state index contributed by atoms with van der Waals surface area (Å²) in [7, 11) is 3.25. The topological polar surface area (TPSA) is 114 Å². The Morgan fingerprint density at radius 2 is 1.09 bits per heavy atom. The number of anilines is 2. The van der Waals surface area contributed by atoms with Crippen molar-refractivity contribution in [1.29, 1.82) is 0 Å². The summed E-state index contributed by atoms with van der Waals surface area (Å²) in [6.45, 7) is 10.1. The number of carbonyl (C=O) groups is 2. The molecule has 0 amide bonds. The maximum Gasteiger partial charge on any atom is 0.306 e. The third-order valence-electron chi connectivity index (χ3n) is 11.0. The Hall–Kier alpha value is -2.30. The summed E-state index contributed by atoms with van der Waals surface area (Å²) < 4.78 is 16.5. The average molecular weight is 792 g/mol. The Bertz CT molecular complexity index is 1110. The minimum absolute atomic E-state index is 0.00794. The number of methoxy groups -OCH3 is 2. The largest absolute Gasteiger partial charge is 0.462 e. The van der Waals surface area contributed by atoms with E-state index in [1.165, 1.54) is 64.2 Å². The Morgan fingerprint density at radius 1 is 0.607 bits per heavy atom. The predicted molar refractivity (Wildman–Crippen MR) is 234 cm³/mol. The van der Waals surface area contributed by atoms with E-state index in [1.54, 1.807) is 14.2 Å². The van der Waals surface area contributed by atoms with Crippen molar-refractivity contribution in [3.63, 3.8) is 0 Å². The van der Waals surface area contributed by atoms with Gasteiger partial charge in [0.1, 0.15) is 23.8 Å². The van der Waals surface area contributed by atoms with E-state index in [1.807, 2.05) is 4.90 Å². The molecule has 0 atom stereocenters. The van der Waals surface area contributed by atoms with Gasteiger partial charge in [0.15, 0.2) is 0 Å². The van der Waals surface area contributed by atoms with Crippen LogP contribution in [0.2, 0.25) is 0 Å². The maximum absolute atomic E-state index is 12.8. The van der Waals surface area contributed by atoms with Crippen molar-refractivity contribution >= 4 is 23.6 Å². The first-order valence-electron chi connectivity index (χ1n) is 23.1. The van der Waals surface area contributed by atoms with Crippen LogP contribution < -0.4 is 21.1 Å². The zero-order valence-electron chi connectivity index (χ0n) is 36.7. The van der Waals surface area contributed by atoms with Gasteiger partial charge in [0, 0.05) is 46.7 Å². The van der Waals surface area contributed by atoms with E-state index in [9.17, 15) is 19.2 Å². The van der Waals surface area contributed by atoms with Crippen LogP contribution in [-0.2, 0) is 23.8 Å². The SMILES string of the molecule is CCCCCCCCC(CCCCCCCC)OC(=O)CCCCCCCN(CCCCCCCC=O)CCCNc1c(N(CCOC)CCOC)c(=O)c1=O.